The van der Waals surface area contributed by atoms with Crippen LogP contribution in [0.25, 0.3) is 0 Å². The van der Waals surface area contributed by atoms with Gasteiger partial charge in [-0.2, -0.15) is 0 Å². The highest BCUT2D eigenvalue weighted by molar-refractivity contribution is 5.17. The van der Waals surface area contributed by atoms with Gasteiger partial charge in [0.1, 0.15) is 0 Å². The van der Waals surface area contributed by atoms with E-state index in [1.54, 1.807) is 0 Å². The van der Waals surface area contributed by atoms with Crippen LogP contribution in [0, 0.1) is 11.8 Å². The second kappa shape index (κ2) is 9.33. The number of hydrogen-bond donors (Lipinski definition) is 0. The van der Waals surface area contributed by atoms with Gasteiger partial charge in [0.2, 0.25) is 0 Å². The molecule has 1 atom stereocenters. The summed E-state index contributed by atoms with van der Waals surface area (Å²) in [7, 11) is 0. The van der Waals surface area contributed by atoms with Crippen LogP contribution in [0.2, 0.25) is 0 Å². The van der Waals surface area contributed by atoms with E-state index >= 15 is 0 Å². The average molecular weight is 302 g/mol. The molecule has 1 aromatic heterocycles. The van der Waals surface area contributed by atoms with E-state index in [4.69, 9.17) is 4.98 Å². The lowest BCUT2D eigenvalue weighted by Crippen LogP contribution is -2.14. The van der Waals surface area contributed by atoms with E-state index in [9.17, 15) is 0 Å². The summed E-state index contributed by atoms with van der Waals surface area (Å²) in [6, 6.07) is 4.63. The molecular formula is C21H35N. The van der Waals surface area contributed by atoms with Crippen LogP contribution in [0.3, 0.4) is 0 Å². The molecule has 0 aliphatic heterocycles. The van der Waals surface area contributed by atoms with Crippen LogP contribution in [-0.2, 0) is 6.42 Å². The van der Waals surface area contributed by atoms with Gasteiger partial charge in [-0.1, -0.05) is 58.9 Å². The van der Waals surface area contributed by atoms with Gasteiger partial charge in [0.05, 0.1) is 0 Å². The molecule has 124 valence electrons. The third-order valence-corrected chi connectivity index (χ3v) is 5.61. The highest BCUT2D eigenvalue weighted by Gasteiger charge is 2.22. The van der Waals surface area contributed by atoms with Crippen LogP contribution in [0.5, 0.6) is 0 Å². The first-order valence-corrected chi connectivity index (χ1v) is 9.67. The number of hydrogen-bond acceptors (Lipinski definition) is 1. The Bertz CT molecular complexity index is 400. The predicted molar refractivity (Wildman–Crippen MR) is 96.2 cm³/mol. The van der Waals surface area contributed by atoms with Gasteiger partial charge in [0, 0.05) is 17.8 Å². The summed E-state index contributed by atoms with van der Waals surface area (Å²) in [6.07, 6.45) is 15.8. The maximum absolute atomic E-state index is 4.79. The van der Waals surface area contributed by atoms with Crippen LogP contribution >= 0.6 is 0 Å². The van der Waals surface area contributed by atoms with Crippen molar-refractivity contribution in [2.75, 3.05) is 0 Å². The molecule has 0 spiro atoms. The maximum atomic E-state index is 4.79. The van der Waals surface area contributed by atoms with Gasteiger partial charge in [0.25, 0.3) is 0 Å². The van der Waals surface area contributed by atoms with Crippen molar-refractivity contribution in [2.45, 2.75) is 90.9 Å². The first-order valence-electron chi connectivity index (χ1n) is 9.67. The van der Waals surface area contributed by atoms with Crippen molar-refractivity contribution in [2.24, 2.45) is 11.8 Å². The average Bonchev–Trinajstić information content (AvgIpc) is 2.56. The van der Waals surface area contributed by atoms with Crippen molar-refractivity contribution in [3.05, 3.63) is 29.6 Å². The zero-order valence-corrected chi connectivity index (χ0v) is 15.0. The minimum absolute atomic E-state index is 0.722. The fourth-order valence-corrected chi connectivity index (χ4v) is 3.77. The first-order chi connectivity index (χ1) is 10.7. The molecule has 0 N–H and O–H groups in total. The summed E-state index contributed by atoms with van der Waals surface area (Å²) in [4.78, 5) is 4.79. The Kier molecular flexibility index (Phi) is 7.42. The number of unbranched alkanes of at least 4 members (excludes halogenated alkanes) is 2. The van der Waals surface area contributed by atoms with Gasteiger partial charge in [-0.25, -0.2) is 0 Å². The Morgan fingerprint density at radius 2 is 1.86 bits per heavy atom. The smallest absolute Gasteiger partial charge is 0.0434 e. The number of rotatable bonds is 8. The van der Waals surface area contributed by atoms with E-state index in [-0.39, 0.29) is 0 Å². The third kappa shape index (κ3) is 5.41. The van der Waals surface area contributed by atoms with Crippen molar-refractivity contribution in [3.63, 3.8) is 0 Å². The predicted octanol–water partition coefficient (Wildman–Crippen LogP) is 6.52. The second-order valence-corrected chi connectivity index (χ2v) is 7.52. The Morgan fingerprint density at radius 1 is 1.09 bits per heavy atom. The minimum Gasteiger partial charge on any atom is -0.261 e. The molecule has 1 heteroatoms. The molecule has 1 heterocycles. The molecule has 0 saturated heterocycles. The van der Waals surface area contributed by atoms with Crippen LogP contribution in [0.4, 0.5) is 0 Å². The van der Waals surface area contributed by atoms with E-state index < -0.39 is 0 Å². The van der Waals surface area contributed by atoms with Gasteiger partial charge < -0.3 is 0 Å². The van der Waals surface area contributed by atoms with Gasteiger partial charge in [0.15, 0.2) is 0 Å². The Hall–Kier alpha value is -0.850. The fraction of sp³-hybridized carbons (Fsp3) is 0.762. The maximum Gasteiger partial charge on any atom is 0.0434 e. The van der Waals surface area contributed by atoms with Crippen molar-refractivity contribution in [3.8, 4) is 0 Å². The molecule has 1 nitrogen and oxygen atoms in total. The van der Waals surface area contributed by atoms with Crippen molar-refractivity contribution in [1.82, 2.24) is 4.98 Å². The fourth-order valence-electron chi connectivity index (χ4n) is 3.77. The third-order valence-electron chi connectivity index (χ3n) is 5.61. The summed E-state index contributed by atoms with van der Waals surface area (Å²) < 4.78 is 0. The lowest BCUT2D eigenvalue weighted by atomic mass is 9.78. The molecule has 1 saturated carbocycles. The molecule has 1 fully saturated rings. The van der Waals surface area contributed by atoms with Gasteiger partial charge in [-0.15, -0.1) is 0 Å². The Labute approximate surface area is 137 Å². The summed E-state index contributed by atoms with van der Waals surface area (Å²) in [5, 5.41) is 0. The van der Waals surface area contributed by atoms with Crippen LogP contribution < -0.4 is 0 Å². The molecule has 0 aromatic carbocycles. The molecule has 0 radical (unpaired) electrons. The normalized spacial score (nSPS) is 23.4. The molecule has 2 rings (SSSR count). The first kappa shape index (κ1) is 17.5. The molecule has 1 aliphatic rings. The second-order valence-electron chi connectivity index (χ2n) is 7.52. The summed E-state index contributed by atoms with van der Waals surface area (Å²) in [5.74, 6) is 2.48. The van der Waals surface area contributed by atoms with Crippen LogP contribution in [-0.4, -0.2) is 4.98 Å². The molecule has 1 aliphatic carbocycles. The molecular weight excluding hydrogens is 266 g/mol. The highest BCUT2D eigenvalue weighted by Crippen LogP contribution is 2.37. The zero-order chi connectivity index (χ0) is 15.8. The number of nitrogens with zero attached hydrogens (tertiary/aromatic N) is 1. The highest BCUT2D eigenvalue weighted by atomic mass is 14.7. The number of aromatic nitrogens is 1. The van der Waals surface area contributed by atoms with E-state index in [0.29, 0.717) is 0 Å². The van der Waals surface area contributed by atoms with Gasteiger partial charge in [-0.05, 0) is 55.6 Å². The lowest BCUT2D eigenvalue weighted by molar-refractivity contribution is 0.300. The standard InChI is InChI=1S/C21H35N/c1-4-6-7-8-18-9-12-20(13-10-18)21-14-11-19(16-22-21)15-17(3)5-2/h11,14,16-18,20H,4-10,12-13,15H2,1-3H3. The van der Waals surface area contributed by atoms with E-state index in [2.05, 4.69) is 39.1 Å². The molecule has 22 heavy (non-hydrogen) atoms. The van der Waals surface area contributed by atoms with E-state index in [1.807, 2.05) is 0 Å². The van der Waals surface area contributed by atoms with Crippen molar-refractivity contribution in [1.29, 1.82) is 0 Å². The van der Waals surface area contributed by atoms with Crippen molar-refractivity contribution < 1.29 is 0 Å². The monoisotopic (exact) mass is 301 g/mol. The molecule has 1 unspecified atom stereocenters. The topological polar surface area (TPSA) is 12.9 Å². The van der Waals surface area contributed by atoms with E-state index in [0.717, 1.165) is 17.8 Å². The lowest BCUT2D eigenvalue weighted by Gasteiger charge is -2.28. The minimum atomic E-state index is 0.722. The summed E-state index contributed by atoms with van der Waals surface area (Å²) in [5.41, 5.74) is 2.76. The largest absolute Gasteiger partial charge is 0.261 e. The zero-order valence-electron chi connectivity index (χ0n) is 15.0. The van der Waals surface area contributed by atoms with Gasteiger partial charge in [-0.3, -0.25) is 4.98 Å². The summed E-state index contributed by atoms with van der Waals surface area (Å²) >= 11 is 0. The van der Waals surface area contributed by atoms with Crippen LogP contribution in [0.15, 0.2) is 18.3 Å². The number of pyridine rings is 1. The van der Waals surface area contributed by atoms with Crippen LogP contribution in [0.1, 0.15) is 95.7 Å². The summed E-state index contributed by atoms with van der Waals surface area (Å²) in [6.45, 7) is 6.90. The van der Waals surface area contributed by atoms with Gasteiger partial charge >= 0.3 is 0 Å². The quantitative estimate of drug-likeness (QED) is 0.498. The van der Waals surface area contributed by atoms with E-state index in [1.165, 1.54) is 75.5 Å². The Balaban J connectivity index is 1.78. The molecule has 1 aromatic rings. The molecule has 0 bridgehead atoms. The Morgan fingerprint density at radius 3 is 2.45 bits per heavy atom. The van der Waals surface area contributed by atoms with Crippen molar-refractivity contribution >= 4 is 0 Å². The molecule has 0 amide bonds. The SMILES string of the molecule is CCCCCC1CCC(c2ccc(CC(C)CC)cn2)CC1.